The Balaban J connectivity index is 1.90. The molecular formula is C22H16FN3O2. The number of aromatic nitrogens is 2. The van der Waals surface area contributed by atoms with Crippen molar-refractivity contribution in [3.8, 4) is 17.1 Å². The van der Waals surface area contributed by atoms with Gasteiger partial charge >= 0.3 is 0 Å². The monoisotopic (exact) mass is 373 g/mol. The summed E-state index contributed by atoms with van der Waals surface area (Å²) in [6.45, 7) is 0. The van der Waals surface area contributed by atoms with Crippen LogP contribution in [0, 0.1) is 5.82 Å². The lowest BCUT2D eigenvalue weighted by atomic mass is 10.2. The third-order valence-corrected chi connectivity index (χ3v) is 4.29. The molecule has 0 bridgehead atoms. The zero-order valence-electron chi connectivity index (χ0n) is 15.0. The van der Waals surface area contributed by atoms with Crippen LogP contribution in [0.1, 0.15) is 5.56 Å². The van der Waals surface area contributed by atoms with Gasteiger partial charge in [0, 0.05) is 5.56 Å². The predicted octanol–water partition coefficient (Wildman–Crippen LogP) is 4.09. The molecule has 0 aliphatic heterocycles. The van der Waals surface area contributed by atoms with E-state index in [1.807, 2.05) is 18.2 Å². The zero-order valence-corrected chi connectivity index (χ0v) is 15.0. The molecule has 0 amide bonds. The number of ether oxygens (including phenoxy) is 1. The molecule has 1 aromatic heterocycles. The molecule has 0 spiro atoms. The van der Waals surface area contributed by atoms with E-state index in [9.17, 15) is 9.18 Å². The summed E-state index contributed by atoms with van der Waals surface area (Å²) in [5, 5.41) is 4.81. The van der Waals surface area contributed by atoms with Crippen molar-refractivity contribution < 1.29 is 9.13 Å². The average Bonchev–Trinajstić information content (AvgIpc) is 2.74. The highest BCUT2D eigenvalue weighted by Crippen LogP contribution is 2.22. The second-order valence-corrected chi connectivity index (χ2v) is 6.09. The van der Waals surface area contributed by atoms with Crippen molar-refractivity contribution in [2.45, 2.75) is 0 Å². The van der Waals surface area contributed by atoms with Gasteiger partial charge in [-0.3, -0.25) is 4.79 Å². The highest BCUT2D eigenvalue weighted by atomic mass is 19.1. The first-order chi connectivity index (χ1) is 13.7. The van der Waals surface area contributed by atoms with E-state index in [0.29, 0.717) is 28.0 Å². The van der Waals surface area contributed by atoms with Crippen molar-refractivity contribution in [3.05, 3.63) is 94.5 Å². The Labute approximate surface area is 160 Å². The van der Waals surface area contributed by atoms with E-state index in [0.717, 1.165) is 5.56 Å². The molecule has 0 aliphatic rings. The first-order valence-electron chi connectivity index (χ1n) is 8.62. The number of hydrogen-bond donors (Lipinski definition) is 0. The lowest BCUT2D eigenvalue weighted by Crippen LogP contribution is -2.20. The number of para-hydroxylation sites is 1. The van der Waals surface area contributed by atoms with Crippen LogP contribution < -0.4 is 10.3 Å². The Bertz CT molecular complexity index is 1210. The molecule has 28 heavy (non-hydrogen) atoms. The van der Waals surface area contributed by atoms with Crippen LogP contribution in [0.4, 0.5) is 4.39 Å². The van der Waals surface area contributed by atoms with Gasteiger partial charge in [-0.1, -0.05) is 24.3 Å². The van der Waals surface area contributed by atoms with Crippen molar-refractivity contribution in [1.82, 2.24) is 9.66 Å². The molecule has 4 aromatic rings. The Hall–Kier alpha value is -3.80. The van der Waals surface area contributed by atoms with E-state index in [1.54, 1.807) is 49.6 Å². The highest BCUT2D eigenvalue weighted by Gasteiger charge is 2.12. The van der Waals surface area contributed by atoms with Gasteiger partial charge in [-0.25, -0.2) is 9.37 Å². The maximum atomic E-state index is 13.1. The smallest absolute Gasteiger partial charge is 0.282 e. The summed E-state index contributed by atoms with van der Waals surface area (Å²) in [6.07, 6.45) is 1.50. The molecule has 6 heteroatoms. The van der Waals surface area contributed by atoms with Gasteiger partial charge in [0.05, 0.1) is 24.2 Å². The second kappa shape index (κ2) is 7.44. The van der Waals surface area contributed by atoms with Crippen molar-refractivity contribution >= 4 is 17.1 Å². The molecule has 0 fully saturated rings. The summed E-state index contributed by atoms with van der Waals surface area (Å²) >= 11 is 0. The maximum Gasteiger partial charge on any atom is 0.282 e. The van der Waals surface area contributed by atoms with Gasteiger partial charge in [0.15, 0.2) is 5.82 Å². The molecule has 0 N–H and O–H groups in total. The topological polar surface area (TPSA) is 56.5 Å². The van der Waals surface area contributed by atoms with Crippen LogP contribution in [0.15, 0.2) is 82.7 Å². The summed E-state index contributed by atoms with van der Waals surface area (Å²) in [7, 11) is 1.59. The van der Waals surface area contributed by atoms with Crippen LogP contribution in [-0.2, 0) is 0 Å². The molecule has 3 aromatic carbocycles. The number of benzene rings is 3. The third-order valence-electron chi connectivity index (χ3n) is 4.29. The molecule has 4 rings (SSSR count). The molecule has 0 unspecified atom stereocenters. The van der Waals surface area contributed by atoms with Crippen molar-refractivity contribution in [2.24, 2.45) is 5.10 Å². The minimum atomic E-state index is -0.333. The molecule has 0 aliphatic carbocycles. The number of fused-ring (bicyclic) bond motifs is 1. The van der Waals surface area contributed by atoms with E-state index >= 15 is 0 Å². The summed E-state index contributed by atoms with van der Waals surface area (Å²) in [5.41, 5.74) is 1.70. The van der Waals surface area contributed by atoms with Crippen LogP contribution >= 0.6 is 0 Å². The van der Waals surface area contributed by atoms with Gasteiger partial charge in [0.25, 0.3) is 5.56 Å². The summed E-state index contributed by atoms with van der Waals surface area (Å²) in [4.78, 5) is 17.7. The molecule has 138 valence electrons. The minimum Gasteiger partial charge on any atom is -0.497 e. The van der Waals surface area contributed by atoms with Crippen molar-refractivity contribution in [1.29, 1.82) is 0 Å². The van der Waals surface area contributed by atoms with E-state index < -0.39 is 0 Å². The van der Waals surface area contributed by atoms with Crippen LogP contribution in [0.25, 0.3) is 22.3 Å². The fourth-order valence-electron chi connectivity index (χ4n) is 2.83. The van der Waals surface area contributed by atoms with Crippen LogP contribution in [0.3, 0.4) is 0 Å². The van der Waals surface area contributed by atoms with Gasteiger partial charge in [0.2, 0.25) is 0 Å². The summed E-state index contributed by atoms with van der Waals surface area (Å²) in [6, 6.07) is 20.2. The van der Waals surface area contributed by atoms with E-state index in [4.69, 9.17) is 4.74 Å². The quantitative estimate of drug-likeness (QED) is 0.506. The summed E-state index contributed by atoms with van der Waals surface area (Å²) < 4.78 is 19.6. The van der Waals surface area contributed by atoms with Gasteiger partial charge in [-0.2, -0.15) is 9.78 Å². The Morgan fingerprint density at radius 3 is 2.43 bits per heavy atom. The first kappa shape index (κ1) is 17.6. The Morgan fingerprint density at radius 2 is 1.71 bits per heavy atom. The average molecular weight is 373 g/mol. The fourth-order valence-corrected chi connectivity index (χ4v) is 2.83. The largest absolute Gasteiger partial charge is 0.497 e. The minimum absolute atomic E-state index is 0.283. The fraction of sp³-hybridized carbons (Fsp3) is 0.0455. The molecule has 0 radical (unpaired) electrons. The molecule has 5 nitrogen and oxygen atoms in total. The van der Waals surface area contributed by atoms with Gasteiger partial charge in [-0.15, -0.1) is 0 Å². The van der Waals surface area contributed by atoms with Gasteiger partial charge < -0.3 is 4.74 Å². The zero-order chi connectivity index (χ0) is 19.5. The van der Waals surface area contributed by atoms with Crippen molar-refractivity contribution in [3.63, 3.8) is 0 Å². The Kier molecular flexibility index (Phi) is 4.68. The van der Waals surface area contributed by atoms with Crippen LogP contribution in [-0.4, -0.2) is 23.0 Å². The highest BCUT2D eigenvalue weighted by molar-refractivity contribution is 5.82. The van der Waals surface area contributed by atoms with Crippen LogP contribution in [0.2, 0.25) is 0 Å². The van der Waals surface area contributed by atoms with E-state index in [-0.39, 0.29) is 11.4 Å². The SMILES string of the molecule is COc1ccc(-c2nc3ccccc3c(=O)n2N=Cc2ccc(F)cc2)cc1. The van der Waals surface area contributed by atoms with Crippen LogP contribution in [0.5, 0.6) is 5.75 Å². The normalized spacial score (nSPS) is 11.2. The molecule has 0 atom stereocenters. The van der Waals surface area contributed by atoms with Gasteiger partial charge in [0.1, 0.15) is 11.6 Å². The number of methoxy groups -OCH3 is 1. The Morgan fingerprint density at radius 1 is 1.00 bits per heavy atom. The standard InChI is InChI=1S/C22H16FN3O2/c1-28-18-12-8-16(9-13-18)21-25-20-5-3-2-4-19(20)22(27)26(21)24-14-15-6-10-17(23)11-7-15/h2-14H,1H3. The summed E-state index contributed by atoms with van der Waals surface area (Å²) in [5.74, 6) is 0.776. The van der Waals surface area contributed by atoms with E-state index in [2.05, 4.69) is 10.1 Å². The molecule has 1 heterocycles. The lowest BCUT2D eigenvalue weighted by Gasteiger charge is -2.10. The lowest BCUT2D eigenvalue weighted by molar-refractivity contribution is 0.415. The van der Waals surface area contributed by atoms with Gasteiger partial charge in [-0.05, 0) is 54.1 Å². The third kappa shape index (κ3) is 3.40. The van der Waals surface area contributed by atoms with Crippen molar-refractivity contribution in [2.75, 3.05) is 7.11 Å². The predicted molar refractivity (Wildman–Crippen MR) is 107 cm³/mol. The second-order valence-electron chi connectivity index (χ2n) is 6.09. The van der Waals surface area contributed by atoms with E-state index in [1.165, 1.54) is 23.0 Å². The number of nitrogens with zero attached hydrogens (tertiary/aromatic N) is 3. The first-order valence-corrected chi connectivity index (χ1v) is 8.62. The number of hydrogen-bond acceptors (Lipinski definition) is 4. The molecular weight excluding hydrogens is 357 g/mol. The molecule has 0 saturated heterocycles. The maximum absolute atomic E-state index is 13.1. The number of halogens is 1. The number of rotatable bonds is 4. The molecule has 0 saturated carbocycles.